The summed E-state index contributed by atoms with van der Waals surface area (Å²) in [6.45, 7) is 2.52. The van der Waals surface area contributed by atoms with Gasteiger partial charge in [-0.1, -0.05) is 6.42 Å². The first kappa shape index (κ1) is 21.5. The second-order valence-corrected chi connectivity index (χ2v) is 9.37. The van der Waals surface area contributed by atoms with Gasteiger partial charge in [0.15, 0.2) is 0 Å². The summed E-state index contributed by atoms with van der Waals surface area (Å²) in [5, 5.41) is 12.9. The van der Waals surface area contributed by atoms with Crippen LogP contribution in [-0.4, -0.2) is 54.5 Å². The molecule has 2 aliphatic heterocycles. The number of ether oxygens (including phenoxy) is 1. The maximum atomic E-state index is 13.4. The van der Waals surface area contributed by atoms with E-state index in [1.54, 1.807) is 6.33 Å². The lowest BCUT2D eigenvalue weighted by molar-refractivity contribution is -0.137. The van der Waals surface area contributed by atoms with Crippen LogP contribution in [0.4, 0.5) is 19.0 Å². The highest BCUT2D eigenvalue weighted by molar-refractivity contribution is 5.63. The fraction of sp³-hybridized carbons (Fsp3) is 0.545. The van der Waals surface area contributed by atoms with Gasteiger partial charge in [-0.3, -0.25) is 9.58 Å². The van der Waals surface area contributed by atoms with Crippen molar-refractivity contribution in [2.24, 2.45) is 5.92 Å². The highest BCUT2D eigenvalue weighted by Gasteiger charge is 2.49. The van der Waals surface area contributed by atoms with E-state index in [0.717, 1.165) is 43.4 Å². The number of rotatable bonds is 4. The van der Waals surface area contributed by atoms with Gasteiger partial charge in [-0.2, -0.15) is 18.3 Å². The lowest BCUT2D eigenvalue weighted by Gasteiger charge is -2.40. The minimum atomic E-state index is -4.58. The highest BCUT2D eigenvalue weighted by atomic mass is 19.4. The van der Waals surface area contributed by atoms with E-state index in [0.29, 0.717) is 31.3 Å². The Kier molecular flexibility index (Phi) is 4.92. The Morgan fingerprint density at radius 2 is 2.09 bits per heavy atom. The van der Waals surface area contributed by atoms with Gasteiger partial charge in [0.2, 0.25) is 0 Å². The Hall–Kier alpha value is -2.99. The molecule has 3 aliphatic rings. The minimum absolute atomic E-state index is 0.146. The van der Waals surface area contributed by atoms with Crippen molar-refractivity contribution in [1.82, 2.24) is 34.8 Å². The lowest BCUT2D eigenvalue weighted by atomic mass is 9.78. The van der Waals surface area contributed by atoms with Crippen molar-refractivity contribution in [3.8, 4) is 11.3 Å². The van der Waals surface area contributed by atoms with E-state index < -0.39 is 23.2 Å². The number of hydrogen-bond donors (Lipinski definition) is 2. The maximum Gasteiger partial charge on any atom is 0.419 e. The Morgan fingerprint density at radius 1 is 1.24 bits per heavy atom. The van der Waals surface area contributed by atoms with Crippen molar-refractivity contribution >= 4 is 5.82 Å². The first-order valence-corrected chi connectivity index (χ1v) is 11.5. The van der Waals surface area contributed by atoms with Gasteiger partial charge >= 0.3 is 6.18 Å². The van der Waals surface area contributed by atoms with Crippen LogP contribution in [0.5, 0.6) is 0 Å². The number of H-pyrrole nitrogens is 1. The third-order valence-corrected chi connectivity index (χ3v) is 7.41. The Labute approximate surface area is 193 Å². The Balaban J connectivity index is 1.32. The summed E-state index contributed by atoms with van der Waals surface area (Å²) in [6.07, 6.45) is 2.66. The second-order valence-electron chi connectivity index (χ2n) is 9.37. The molecule has 3 aromatic rings. The van der Waals surface area contributed by atoms with Crippen molar-refractivity contribution in [2.45, 2.75) is 50.0 Å². The molecule has 6 rings (SSSR count). The van der Waals surface area contributed by atoms with E-state index >= 15 is 0 Å². The monoisotopic (exact) mass is 474 g/mol. The van der Waals surface area contributed by atoms with Gasteiger partial charge in [0.05, 0.1) is 36.1 Å². The van der Waals surface area contributed by atoms with Crippen LogP contribution in [0.25, 0.3) is 11.3 Å². The number of hydrogen-bond acceptors (Lipinski definition) is 7. The van der Waals surface area contributed by atoms with Crippen LogP contribution in [0.3, 0.4) is 0 Å². The summed E-state index contributed by atoms with van der Waals surface area (Å²) in [5.41, 5.74) is 5.54. The average Bonchev–Trinajstić information content (AvgIpc) is 3.51. The summed E-state index contributed by atoms with van der Waals surface area (Å²) < 4.78 is 48.3. The minimum Gasteiger partial charge on any atom is -0.383 e. The molecule has 12 heteroatoms. The molecule has 1 unspecified atom stereocenters. The van der Waals surface area contributed by atoms with Crippen LogP contribution in [0, 0.1) is 5.92 Å². The van der Waals surface area contributed by atoms with Gasteiger partial charge in [0.1, 0.15) is 23.6 Å². The van der Waals surface area contributed by atoms with E-state index in [9.17, 15) is 13.2 Å². The fourth-order valence-corrected chi connectivity index (χ4v) is 5.52. The number of halogens is 3. The Bertz CT molecular complexity index is 1190. The molecule has 5 heterocycles. The molecule has 1 saturated carbocycles. The van der Waals surface area contributed by atoms with E-state index in [4.69, 9.17) is 10.5 Å². The van der Waals surface area contributed by atoms with Gasteiger partial charge in [0, 0.05) is 24.8 Å². The van der Waals surface area contributed by atoms with Crippen LogP contribution in [0.1, 0.15) is 48.8 Å². The van der Waals surface area contributed by atoms with E-state index in [-0.39, 0.29) is 11.6 Å². The van der Waals surface area contributed by atoms with Gasteiger partial charge < -0.3 is 15.5 Å². The number of nitrogens with zero attached hydrogens (tertiary/aromatic N) is 6. The zero-order valence-corrected chi connectivity index (χ0v) is 18.4. The SMILES string of the molecule is Nc1ncc(-c2cc3n(n2)CCO[C@@]32CCN(C(c3nnc[nH]3)C3CCC3)C2)cc1C(F)(F)F. The van der Waals surface area contributed by atoms with Gasteiger partial charge in [-0.05, 0) is 37.3 Å². The van der Waals surface area contributed by atoms with Gasteiger partial charge in [-0.15, -0.1) is 10.2 Å². The zero-order valence-electron chi connectivity index (χ0n) is 18.4. The number of nitrogens with two attached hydrogens (primary N) is 1. The predicted molar refractivity (Wildman–Crippen MR) is 115 cm³/mol. The molecular weight excluding hydrogens is 449 g/mol. The number of anilines is 1. The number of nitrogens with one attached hydrogen (secondary N) is 1. The maximum absolute atomic E-state index is 13.4. The molecule has 3 N–H and O–H groups in total. The van der Waals surface area contributed by atoms with Crippen LogP contribution in [0.15, 0.2) is 24.7 Å². The van der Waals surface area contributed by atoms with Crippen LogP contribution in [-0.2, 0) is 23.1 Å². The number of alkyl halides is 3. The van der Waals surface area contributed by atoms with Crippen molar-refractivity contribution < 1.29 is 17.9 Å². The number of fused-ring (bicyclic) bond motifs is 2. The molecule has 2 fully saturated rings. The second kappa shape index (κ2) is 7.77. The molecule has 9 nitrogen and oxygen atoms in total. The molecular formula is C22H25F3N8O. The molecule has 180 valence electrons. The zero-order chi connectivity index (χ0) is 23.5. The topological polar surface area (TPSA) is 111 Å². The summed E-state index contributed by atoms with van der Waals surface area (Å²) >= 11 is 0. The largest absolute Gasteiger partial charge is 0.419 e. The van der Waals surface area contributed by atoms with Crippen molar-refractivity contribution in [2.75, 3.05) is 25.4 Å². The summed E-state index contributed by atoms with van der Waals surface area (Å²) in [6, 6.07) is 3.00. The molecule has 0 amide bonds. The molecule has 1 aliphatic carbocycles. The standard InChI is InChI=1S/C22H25F3N8O/c23-22(24,25)15-8-14(10-27-19(15)26)16-9-17-21(34-7-6-33(17)31-16)4-5-32(11-21)18(13-2-1-3-13)20-28-12-29-30-20/h8-10,12-13,18H,1-7,11H2,(H2,26,27)(H,28,29,30)/t18?,21-/m1/s1. The number of likely N-dealkylation sites (tertiary alicyclic amines) is 1. The van der Waals surface area contributed by atoms with Crippen molar-refractivity contribution in [3.05, 3.63) is 41.7 Å². The highest BCUT2D eigenvalue weighted by Crippen LogP contribution is 2.47. The summed E-state index contributed by atoms with van der Waals surface area (Å²) in [7, 11) is 0. The molecule has 0 radical (unpaired) electrons. The molecule has 34 heavy (non-hydrogen) atoms. The smallest absolute Gasteiger partial charge is 0.383 e. The van der Waals surface area contributed by atoms with Crippen LogP contribution < -0.4 is 5.73 Å². The summed E-state index contributed by atoms with van der Waals surface area (Å²) in [4.78, 5) is 9.36. The molecule has 2 atom stereocenters. The quantitative estimate of drug-likeness (QED) is 0.598. The predicted octanol–water partition coefficient (Wildman–Crippen LogP) is 3.14. The third-order valence-electron chi connectivity index (χ3n) is 7.41. The van der Waals surface area contributed by atoms with Gasteiger partial charge in [-0.25, -0.2) is 4.98 Å². The number of nitrogen functional groups attached to an aromatic ring is 1. The molecule has 1 saturated heterocycles. The van der Waals surface area contributed by atoms with E-state index in [1.807, 2.05) is 10.7 Å². The van der Waals surface area contributed by atoms with Gasteiger partial charge in [0.25, 0.3) is 0 Å². The molecule has 1 spiro atoms. The van der Waals surface area contributed by atoms with Crippen molar-refractivity contribution in [3.63, 3.8) is 0 Å². The van der Waals surface area contributed by atoms with Crippen LogP contribution >= 0.6 is 0 Å². The Morgan fingerprint density at radius 3 is 2.79 bits per heavy atom. The first-order chi connectivity index (χ1) is 16.3. The van der Waals surface area contributed by atoms with E-state index in [1.165, 1.54) is 12.6 Å². The molecule has 0 bridgehead atoms. The number of aromatic nitrogens is 6. The molecule has 3 aromatic heterocycles. The van der Waals surface area contributed by atoms with E-state index in [2.05, 4.69) is 30.2 Å². The van der Waals surface area contributed by atoms with Crippen LogP contribution in [0.2, 0.25) is 0 Å². The average molecular weight is 474 g/mol. The normalized spacial score (nSPS) is 24.3. The van der Waals surface area contributed by atoms with Crippen molar-refractivity contribution in [1.29, 1.82) is 0 Å². The molecule has 0 aromatic carbocycles. The number of pyridine rings is 1. The number of aromatic amines is 1. The lowest BCUT2D eigenvalue weighted by Crippen LogP contribution is -2.43. The third kappa shape index (κ3) is 3.47. The first-order valence-electron chi connectivity index (χ1n) is 11.5. The fourth-order valence-electron chi connectivity index (χ4n) is 5.52. The summed E-state index contributed by atoms with van der Waals surface area (Å²) in [5.74, 6) is 0.856.